The van der Waals surface area contributed by atoms with Crippen molar-refractivity contribution in [2.24, 2.45) is 35.3 Å². The fourth-order valence-electron chi connectivity index (χ4n) is 4.54. The van der Waals surface area contributed by atoms with Gasteiger partial charge in [0.25, 0.3) is 0 Å². The van der Waals surface area contributed by atoms with Crippen LogP contribution in [0.2, 0.25) is 0 Å². The SMILES string of the molecule is C=C1CC[C@H](C)C[C@@H](CCN)C[C@@H](C)C(=C)/C=C/C(C)=C/[C@H](C)[C@@H](CC)C1. The van der Waals surface area contributed by atoms with E-state index in [2.05, 4.69) is 66.0 Å². The van der Waals surface area contributed by atoms with Gasteiger partial charge in [-0.25, -0.2) is 0 Å². The van der Waals surface area contributed by atoms with Crippen molar-refractivity contribution in [3.8, 4) is 0 Å². The highest BCUT2D eigenvalue weighted by Crippen LogP contribution is 2.31. The molecule has 0 unspecified atom stereocenters. The molecule has 0 saturated carbocycles. The summed E-state index contributed by atoms with van der Waals surface area (Å²) in [6.45, 7) is 21.2. The summed E-state index contributed by atoms with van der Waals surface area (Å²) < 4.78 is 0. The molecular weight excluding hydrogens is 326 g/mol. The third kappa shape index (κ3) is 9.10. The number of nitrogens with two attached hydrogens (primary N) is 1. The van der Waals surface area contributed by atoms with E-state index < -0.39 is 0 Å². The second-order valence-electron chi connectivity index (χ2n) is 9.26. The fraction of sp³-hybridized carbons (Fsp3) is 0.692. The number of hydrogen-bond donors (Lipinski definition) is 1. The van der Waals surface area contributed by atoms with Crippen LogP contribution in [0.3, 0.4) is 0 Å². The Morgan fingerprint density at radius 3 is 2.44 bits per heavy atom. The lowest BCUT2D eigenvalue weighted by molar-refractivity contribution is 0.314. The third-order valence-corrected chi connectivity index (χ3v) is 6.53. The van der Waals surface area contributed by atoms with Crippen LogP contribution >= 0.6 is 0 Å². The molecule has 27 heavy (non-hydrogen) atoms. The average molecular weight is 372 g/mol. The molecule has 0 saturated heterocycles. The van der Waals surface area contributed by atoms with Gasteiger partial charge in [0.1, 0.15) is 0 Å². The molecule has 0 bridgehead atoms. The van der Waals surface area contributed by atoms with Crippen molar-refractivity contribution in [3.05, 3.63) is 48.1 Å². The largest absolute Gasteiger partial charge is 0.330 e. The first-order chi connectivity index (χ1) is 12.8. The molecule has 0 aromatic heterocycles. The maximum Gasteiger partial charge on any atom is -0.00746 e. The van der Waals surface area contributed by atoms with E-state index in [1.54, 1.807) is 0 Å². The minimum atomic E-state index is 0.515. The van der Waals surface area contributed by atoms with Gasteiger partial charge in [-0.15, -0.1) is 0 Å². The Bertz CT molecular complexity index is 524. The molecule has 154 valence electrons. The molecule has 0 spiro atoms. The summed E-state index contributed by atoms with van der Waals surface area (Å²) in [6, 6.07) is 0. The third-order valence-electron chi connectivity index (χ3n) is 6.53. The highest BCUT2D eigenvalue weighted by atomic mass is 14.5. The van der Waals surface area contributed by atoms with Crippen molar-refractivity contribution in [2.75, 3.05) is 6.54 Å². The summed E-state index contributed by atoms with van der Waals surface area (Å²) in [5.74, 6) is 3.23. The van der Waals surface area contributed by atoms with Gasteiger partial charge in [-0.3, -0.25) is 0 Å². The minimum Gasteiger partial charge on any atom is -0.330 e. The van der Waals surface area contributed by atoms with Crippen molar-refractivity contribution in [1.82, 2.24) is 0 Å². The maximum atomic E-state index is 5.91. The number of allylic oxidation sites excluding steroid dienone is 6. The zero-order valence-electron chi connectivity index (χ0n) is 18.8. The number of hydrogen-bond acceptors (Lipinski definition) is 1. The molecule has 0 heterocycles. The van der Waals surface area contributed by atoms with Gasteiger partial charge in [-0.05, 0) is 81.6 Å². The van der Waals surface area contributed by atoms with E-state index >= 15 is 0 Å². The summed E-state index contributed by atoms with van der Waals surface area (Å²) in [5, 5.41) is 0. The predicted octanol–water partition coefficient (Wildman–Crippen LogP) is 7.46. The van der Waals surface area contributed by atoms with Crippen LogP contribution in [-0.4, -0.2) is 6.54 Å². The predicted molar refractivity (Wildman–Crippen MR) is 123 cm³/mol. The lowest BCUT2D eigenvalue weighted by Gasteiger charge is -2.26. The van der Waals surface area contributed by atoms with Crippen molar-refractivity contribution < 1.29 is 0 Å². The Morgan fingerprint density at radius 2 is 1.81 bits per heavy atom. The monoisotopic (exact) mass is 371 g/mol. The van der Waals surface area contributed by atoms with Gasteiger partial charge >= 0.3 is 0 Å². The van der Waals surface area contributed by atoms with Crippen LogP contribution < -0.4 is 5.73 Å². The van der Waals surface area contributed by atoms with Crippen LogP contribution in [0.4, 0.5) is 0 Å². The lowest BCUT2D eigenvalue weighted by atomic mass is 9.80. The van der Waals surface area contributed by atoms with Crippen LogP contribution in [0, 0.1) is 29.6 Å². The summed E-state index contributed by atoms with van der Waals surface area (Å²) in [4.78, 5) is 0. The van der Waals surface area contributed by atoms with E-state index in [9.17, 15) is 0 Å². The summed E-state index contributed by atoms with van der Waals surface area (Å²) in [7, 11) is 0. The normalized spacial score (nSPS) is 35.5. The summed E-state index contributed by atoms with van der Waals surface area (Å²) in [6.07, 6.45) is 15.3. The van der Waals surface area contributed by atoms with Gasteiger partial charge in [0.2, 0.25) is 0 Å². The molecule has 1 nitrogen and oxygen atoms in total. The second kappa shape index (κ2) is 12.4. The van der Waals surface area contributed by atoms with Crippen molar-refractivity contribution in [3.63, 3.8) is 0 Å². The number of rotatable bonds is 3. The van der Waals surface area contributed by atoms with E-state index in [0.717, 1.165) is 25.3 Å². The maximum absolute atomic E-state index is 5.91. The molecule has 1 aliphatic rings. The Balaban J connectivity index is 3.02. The summed E-state index contributed by atoms with van der Waals surface area (Å²) >= 11 is 0. The van der Waals surface area contributed by atoms with E-state index in [-0.39, 0.29) is 0 Å². The smallest absolute Gasteiger partial charge is 0.00746 e. The molecule has 0 radical (unpaired) electrons. The van der Waals surface area contributed by atoms with Gasteiger partial charge in [0, 0.05) is 0 Å². The quantitative estimate of drug-likeness (QED) is 0.512. The van der Waals surface area contributed by atoms with E-state index in [1.807, 2.05) is 0 Å². The summed E-state index contributed by atoms with van der Waals surface area (Å²) in [5.41, 5.74) is 9.94. The van der Waals surface area contributed by atoms with E-state index in [0.29, 0.717) is 23.7 Å². The standard InChI is InChI=1S/C26H45N/c1-8-26-17-21(4)10-9-20(3)16-25(13-14-27)18-23(6)22(5)12-11-19(2)15-24(26)7/h11-12,15,20,23-26H,4-5,8-10,13-14,16-18,27H2,1-3,6-7H3/b12-11+,19-15+/t20-,23+,24-,25+,26-/m0/s1. The molecule has 5 atom stereocenters. The Hall–Kier alpha value is -1.08. The van der Waals surface area contributed by atoms with Gasteiger partial charge in [0.15, 0.2) is 0 Å². The van der Waals surface area contributed by atoms with E-state index in [4.69, 9.17) is 5.73 Å². The highest BCUT2D eigenvalue weighted by molar-refractivity contribution is 5.26. The molecule has 2 N–H and O–H groups in total. The van der Waals surface area contributed by atoms with Crippen molar-refractivity contribution in [1.29, 1.82) is 0 Å². The zero-order chi connectivity index (χ0) is 20.4. The topological polar surface area (TPSA) is 26.0 Å². The molecular formula is C26H45N. The molecule has 0 aromatic rings. The molecule has 0 fully saturated rings. The fourth-order valence-corrected chi connectivity index (χ4v) is 4.54. The minimum absolute atomic E-state index is 0.515. The van der Waals surface area contributed by atoms with Crippen LogP contribution in [0.1, 0.15) is 79.6 Å². The Kier molecular flexibility index (Phi) is 11.0. The molecule has 0 aliphatic heterocycles. The first-order valence-corrected chi connectivity index (χ1v) is 11.2. The van der Waals surface area contributed by atoms with Crippen LogP contribution in [0.25, 0.3) is 0 Å². The van der Waals surface area contributed by atoms with Gasteiger partial charge < -0.3 is 5.73 Å². The molecule has 0 aromatic carbocycles. The van der Waals surface area contributed by atoms with Crippen LogP contribution in [-0.2, 0) is 0 Å². The second-order valence-corrected chi connectivity index (χ2v) is 9.26. The Morgan fingerprint density at radius 1 is 1.11 bits per heavy atom. The molecule has 0 amide bonds. The molecule has 1 rings (SSSR count). The first kappa shape index (κ1) is 24.0. The lowest BCUT2D eigenvalue weighted by Crippen LogP contribution is -2.16. The van der Waals surface area contributed by atoms with Crippen molar-refractivity contribution in [2.45, 2.75) is 79.6 Å². The average Bonchev–Trinajstić information content (AvgIpc) is 2.61. The molecule has 1 aliphatic carbocycles. The van der Waals surface area contributed by atoms with Crippen LogP contribution in [0.5, 0.6) is 0 Å². The van der Waals surface area contributed by atoms with Gasteiger partial charge in [-0.2, -0.15) is 0 Å². The highest BCUT2D eigenvalue weighted by Gasteiger charge is 2.19. The molecule has 1 heteroatoms. The van der Waals surface area contributed by atoms with Crippen LogP contribution in [0.15, 0.2) is 48.1 Å². The van der Waals surface area contributed by atoms with Gasteiger partial charge in [0.05, 0.1) is 0 Å². The van der Waals surface area contributed by atoms with Crippen molar-refractivity contribution >= 4 is 0 Å². The zero-order valence-corrected chi connectivity index (χ0v) is 18.8. The van der Waals surface area contributed by atoms with E-state index in [1.165, 1.54) is 48.8 Å². The Labute approximate surface area is 169 Å². The first-order valence-electron chi connectivity index (χ1n) is 11.2. The van der Waals surface area contributed by atoms with Gasteiger partial charge in [-0.1, -0.05) is 82.2 Å².